The summed E-state index contributed by atoms with van der Waals surface area (Å²) in [5.74, 6) is 0.499. The summed E-state index contributed by atoms with van der Waals surface area (Å²) >= 11 is 0. The Labute approximate surface area is 85.3 Å². The van der Waals surface area contributed by atoms with Gasteiger partial charge in [-0.1, -0.05) is 13.8 Å². The molecule has 1 aliphatic rings. The van der Waals surface area contributed by atoms with E-state index in [9.17, 15) is 4.79 Å². The lowest BCUT2D eigenvalue weighted by molar-refractivity contribution is -0.140. The largest absolute Gasteiger partial charge is 0.394 e. The smallest absolute Gasteiger partial charge is 0.242 e. The van der Waals surface area contributed by atoms with Crippen LogP contribution in [0.5, 0.6) is 0 Å². The van der Waals surface area contributed by atoms with Crippen LogP contribution in [-0.4, -0.2) is 47.7 Å². The molecule has 1 fully saturated rings. The molecule has 0 saturated carbocycles. The van der Waals surface area contributed by atoms with Crippen molar-refractivity contribution in [1.82, 2.24) is 10.2 Å². The average molecular weight is 200 g/mol. The van der Waals surface area contributed by atoms with Crippen molar-refractivity contribution in [2.45, 2.75) is 32.9 Å². The van der Waals surface area contributed by atoms with Crippen LogP contribution in [0.2, 0.25) is 0 Å². The lowest BCUT2D eigenvalue weighted by Crippen LogP contribution is -2.61. The first kappa shape index (κ1) is 11.5. The van der Waals surface area contributed by atoms with Crippen LogP contribution in [0.3, 0.4) is 0 Å². The Hall–Kier alpha value is -0.610. The van der Waals surface area contributed by atoms with E-state index in [0.29, 0.717) is 5.92 Å². The van der Waals surface area contributed by atoms with E-state index in [1.54, 1.807) is 0 Å². The van der Waals surface area contributed by atoms with Crippen molar-refractivity contribution in [1.29, 1.82) is 0 Å². The first-order valence-electron chi connectivity index (χ1n) is 5.21. The van der Waals surface area contributed by atoms with Gasteiger partial charge in [0.05, 0.1) is 6.61 Å². The molecule has 82 valence electrons. The number of aliphatic hydroxyl groups is 1. The molecule has 0 aliphatic carbocycles. The molecule has 0 spiro atoms. The van der Waals surface area contributed by atoms with Gasteiger partial charge in [-0.05, 0) is 12.8 Å². The van der Waals surface area contributed by atoms with Gasteiger partial charge < -0.3 is 15.3 Å². The lowest BCUT2D eigenvalue weighted by Gasteiger charge is -2.38. The maximum Gasteiger partial charge on any atom is 0.242 e. The highest BCUT2D eigenvalue weighted by atomic mass is 16.3. The van der Waals surface area contributed by atoms with Gasteiger partial charge in [0.1, 0.15) is 6.04 Å². The van der Waals surface area contributed by atoms with Gasteiger partial charge in [-0.2, -0.15) is 0 Å². The molecule has 0 aromatic heterocycles. The zero-order valence-electron chi connectivity index (χ0n) is 9.16. The van der Waals surface area contributed by atoms with Crippen molar-refractivity contribution in [2.24, 2.45) is 5.92 Å². The maximum atomic E-state index is 11.8. The fraction of sp³-hybridized carbons (Fsp3) is 0.900. The normalized spacial score (nSPS) is 28.6. The summed E-state index contributed by atoms with van der Waals surface area (Å²) in [5.41, 5.74) is 0. The standard InChI is InChI=1S/C10H20N2O2/c1-7(2)5-12-8(3)4-11-9(6-13)10(12)14/h7-9,11,13H,4-6H2,1-3H3. The molecule has 0 radical (unpaired) electrons. The van der Waals surface area contributed by atoms with E-state index >= 15 is 0 Å². The number of aliphatic hydroxyl groups excluding tert-OH is 1. The molecule has 0 aromatic carbocycles. The molecule has 1 aliphatic heterocycles. The molecule has 4 nitrogen and oxygen atoms in total. The number of carbonyl (C=O) groups is 1. The first-order chi connectivity index (χ1) is 6.56. The summed E-state index contributed by atoms with van der Waals surface area (Å²) in [5, 5.41) is 12.0. The van der Waals surface area contributed by atoms with Crippen LogP contribution >= 0.6 is 0 Å². The molecule has 0 bridgehead atoms. The maximum absolute atomic E-state index is 11.8. The van der Waals surface area contributed by atoms with Crippen LogP contribution in [0, 0.1) is 5.92 Å². The molecule has 1 amide bonds. The highest BCUT2D eigenvalue weighted by Gasteiger charge is 2.32. The van der Waals surface area contributed by atoms with Crippen molar-refractivity contribution in [3.63, 3.8) is 0 Å². The molecular formula is C10H20N2O2. The SMILES string of the molecule is CC(C)CN1C(=O)C(CO)NCC1C. The van der Waals surface area contributed by atoms with E-state index in [0.717, 1.165) is 13.1 Å². The number of nitrogens with zero attached hydrogens (tertiary/aromatic N) is 1. The van der Waals surface area contributed by atoms with Crippen molar-refractivity contribution in [3.8, 4) is 0 Å². The van der Waals surface area contributed by atoms with E-state index in [1.165, 1.54) is 0 Å². The van der Waals surface area contributed by atoms with E-state index in [-0.39, 0.29) is 18.6 Å². The Morgan fingerprint density at radius 3 is 2.79 bits per heavy atom. The van der Waals surface area contributed by atoms with Gasteiger partial charge in [-0.15, -0.1) is 0 Å². The number of hydrogen-bond acceptors (Lipinski definition) is 3. The summed E-state index contributed by atoms with van der Waals surface area (Å²) in [6.45, 7) is 7.65. The van der Waals surface area contributed by atoms with Gasteiger partial charge in [0.15, 0.2) is 0 Å². The Morgan fingerprint density at radius 2 is 2.29 bits per heavy atom. The van der Waals surface area contributed by atoms with Gasteiger partial charge in [0, 0.05) is 19.1 Å². The second-order valence-corrected chi connectivity index (χ2v) is 4.38. The third kappa shape index (κ3) is 2.45. The van der Waals surface area contributed by atoms with Crippen LogP contribution in [0.1, 0.15) is 20.8 Å². The lowest BCUT2D eigenvalue weighted by atomic mass is 10.1. The zero-order chi connectivity index (χ0) is 10.7. The van der Waals surface area contributed by atoms with Crippen LogP contribution < -0.4 is 5.32 Å². The number of amides is 1. The van der Waals surface area contributed by atoms with Gasteiger partial charge in [0.2, 0.25) is 5.91 Å². The van der Waals surface area contributed by atoms with Gasteiger partial charge in [0.25, 0.3) is 0 Å². The average Bonchev–Trinajstić information content (AvgIpc) is 2.12. The van der Waals surface area contributed by atoms with Crippen molar-refractivity contribution >= 4 is 5.91 Å². The van der Waals surface area contributed by atoms with Crippen LogP contribution in [0.15, 0.2) is 0 Å². The van der Waals surface area contributed by atoms with Crippen LogP contribution in [0.25, 0.3) is 0 Å². The van der Waals surface area contributed by atoms with Gasteiger partial charge in [-0.3, -0.25) is 4.79 Å². The molecular weight excluding hydrogens is 180 g/mol. The zero-order valence-corrected chi connectivity index (χ0v) is 9.16. The summed E-state index contributed by atoms with van der Waals surface area (Å²) in [7, 11) is 0. The van der Waals surface area contributed by atoms with Crippen molar-refractivity contribution in [2.75, 3.05) is 19.7 Å². The summed E-state index contributed by atoms with van der Waals surface area (Å²) in [4.78, 5) is 13.7. The number of rotatable bonds is 3. The van der Waals surface area contributed by atoms with Gasteiger partial charge >= 0.3 is 0 Å². The van der Waals surface area contributed by atoms with Crippen LogP contribution in [0.4, 0.5) is 0 Å². The van der Waals surface area contributed by atoms with E-state index in [1.807, 2.05) is 11.8 Å². The molecule has 0 aromatic rings. The Kier molecular flexibility index (Phi) is 3.89. The first-order valence-corrected chi connectivity index (χ1v) is 5.21. The highest BCUT2D eigenvalue weighted by Crippen LogP contribution is 2.10. The molecule has 2 atom stereocenters. The predicted molar refractivity (Wildman–Crippen MR) is 54.9 cm³/mol. The minimum absolute atomic E-state index is 0.0277. The molecule has 2 unspecified atom stereocenters. The Morgan fingerprint density at radius 1 is 1.64 bits per heavy atom. The third-order valence-electron chi connectivity index (χ3n) is 2.52. The molecule has 1 heterocycles. The fourth-order valence-corrected chi connectivity index (χ4v) is 1.73. The van der Waals surface area contributed by atoms with Gasteiger partial charge in [-0.25, -0.2) is 0 Å². The number of hydrogen-bond donors (Lipinski definition) is 2. The number of nitrogens with one attached hydrogen (secondary N) is 1. The Balaban J connectivity index is 2.63. The van der Waals surface area contributed by atoms with E-state index < -0.39 is 6.04 Å². The highest BCUT2D eigenvalue weighted by molar-refractivity contribution is 5.83. The number of piperazine rings is 1. The summed E-state index contributed by atoms with van der Waals surface area (Å²) in [6, 6.07) is -0.169. The molecule has 2 N–H and O–H groups in total. The molecule has 1 rings (SSSR count). The fourth-order valence-electron chi connectivity index (χ4n) is 1.73. The second-order valence-electron chi connectivity index (χ2n) is 4.38. The quantitative estimate of drug-likeness (QED) is 0.664. The summed E-state index contributed by atoms with van der Waals surface area (Å²) in [6.07, 6.45) is 0. The van der Waals surface area contributed by atoms with E-state index in [2.05, 4.69) is 19.2 Å². The second kappa shape index (κ2) is 4.75. The minimum atomic E-state index is -0.398. The monoisotopic (exact) mass is 200 g/mol. The Bertz CT molecular complexity index is 206. The predicted octanol–water partition coefficient (Wildman–Crippen LogP) is -0.176. The van der Waals surface area contributed by atoms with Crippen molar-refractivity contribution in [3.05, 3.63) is 0 Å². The number of carbonyl (C=O) groups excluding carboxylic acids is 1. The molecule has 4 heteroatoms. The summed E-state index contributed by atoms with van der Waals surface area (Å²) < 4.78 is 0. The minimum Gasteiger partial charge on any atom is -0.394 e. The topological polar surface area (TPSA) is 52.6 Å². The molecule has 1 saturated heterocycles. The van der Waals surface area contributed by atoms with Crippen molar-refractivity contribution < 1.29 is 9.90 Å². The van der Waals surface area contributed by atoms with Crippen LogP contribution in [-0.2, 0) is 4.79 Å². The van der Waals surface area contributed by atoms with E-state index in [4.69, 9.17) is 5.11 Å². The molecule has 14 heavy (non-hydrogen) atoms. The third-order valence-corrected chi connectivity index (χ3v) is 2.52.